The predicted molar refractivity (Wildman–Crippen MR) is 76.2 cm³/mol. The van der Waals surface area contributed by atoms with Crippen molar-refractivity contribution in [2.24, 2.45) is 0 Å². The topological polar surface area (TPSA) is 52.7 Å². The van der Waals surface area contributed by atoms with Crippen LogP contribution in [-0.4, -0.2) is 33.4 Å². The lowest BCUT2D eigenvalue weighted by molar-refractivity contribution is 0.853. The minimum absolute atomic E-state index is 0.634. The van der Waals surface area contributed by atoms with Gasteiger partial charge in [-0.05, 0) is 32.0 Å². The van der Waals surface area contributed by atoms with Gasteiger partial charge in [0.1, 0.15) is 0 Å². The molecule has 1 aromatic rings. The van der Waals surface area contributed by atoms with Crippen molar-refractivity contribution in [1.29, 1.82) is 0 Å². The Morgan fingerprint density at radius 2 is 2.47 bits per heavy atom. The van der Waals surface area contributed by atoms with Gasteiger partial charge in [-0.2, -0.15) is 11.8 Å². The fourth-order valence-electron chi connectivity index (χ4n) is 1.40. The van der Waals surface area contributed by atoms with E-state index in [0.29, 0.717) is 6.04 Å². The molecule has 1 aromatic heterocycles. The Hall–Kier alpha value is -0.750. The number of hydrogen-bond acceptors (Lipinski definition) is 3. The van der Waals surface area contributed by atoms with Crippen molar-refractivity contribution in [3.05, 3.63) is 17.7 Å². The third-order valence-electron chi connectivity index (χ3n) is 2.62. The standard InChI is InChI=1S/C11H18N4S2/c1-8-10(14-7-13-8)6-17-5-4-12-11(16)15-9-2-3-9/h7,9H,2-6H2,1H3,(H,13,14)(H2,12,15,16). The van der Waals surface area contributed by atoms with E-state index < -0.39 is 0 Å². The summed E-state index contributed by atoms with van der Waals surface area (Å²) in [6.45, 7) is 2.96. The van der Waals surface area contributed by atoms with Gasteiger partial charge in [-0.1, -0.05) is 0 Å². The van der Waals surface area contributed by atoms with Crippen LogP contribution < -0.4 is 10.6 Å². The maximum atomic E-state index is 5.17. The lowest BCUT2D eigenvalue weighted by Crippen LogP contribution is -2.37. The van der Waals surface area contributed by atoms with E-state index >= 15 is 0 Å². The van der Waals surface area contributed by atoms with Gasteiger partial charge in [-0.3, -0.25) is 0 Å². The highest BCUT2D eigenvalue weighted by Gasteiger charge is 2.21. The molecule has 0 aliphatic heterocycles. The second-order valence-corrected chi connectivity index (χ2v) is 5.71. The Morgan fingerprint density at radius 1 is 1.65 bits per heavy atom. The second kappa shape index (κ2) is 6.26. The number of aryl methyl sites for hydroxylation is 1. The van der Waals surface area contributed by atoms with Crippen LogP contribution in [0.5, 0.6) is 0 Å². The van der Waals surface area contributed by atoms with E-state index in [0.717, 1.165) is 34.6 Å². The molecular formula is C11H18N4S2. The molecule has 0 spiro atoms. The molecule has 0 bridgehead atoms. The highest BCUT2D eigenvalue weighted by atomic mass is 32.2. The number of nitrogens with one attached hydrogen (secondary N) is 3. The molecule has 0 saturated heterocycles. The Bertz CT molecular complexity index is 373. The monoisotopic (exact) mass is 270 g/mol. The van der Waals surface area contributed by atoms with Crippen LogP contribution in [0.3, 0.4) is 0 Å². The van der Waals surface area contributed by atoms with E-state index in [1.54, 1.807) is 6.33 Å². The van der Waals surface area contributed by atoms with Gasteiger partial charge in [0.05, 0.1) is 12.0 Å². The zero-order chi connectivity index (χ0) is 12.1. The molecule has 1 heterocycles. The first kappa shape index (κ1) is 12.7. The van der Waals surface area contributed by atoms with Crippen LogP contribution in [0.4, 0.5) is 0 Å². The number of rotatable bonds is 6. The molecule has 0 atom stereocenters. The average molecular weight is 270 g/mol. The first-order valence-electron chi connectivity index (χ1n) is 5.86. The zero-order valence-corrected chi connectivity index (χ0v) is 11.6. The number of nitrogens with zero attached hydrogens (tertiary/aromatic N) is 1. The SMILES string of the molecule is Cc1[nH]cnc1CSCCNC(=S)NC1CC1. The van der Waals surface area contributed by atoms with Crippen molar-refractivity contribution in [1.82, 2.24) is 20.6 Å². The lowest BCUT2D eigenvalue weighted by atomic mass is 10.4. The summed E-state index contributed by atoms with van der Waals surface area (Å²) in [5.74, 6) is 2.00. The van der Waals surface area contributed by atoms with Gasteiger partial charge in [0.2, 0.25) is 0 Å². The van der Waals surface area contributed by atoms with Crippen molar-refractivity contribution in [2.75, 3.05) is 12.3 Å². The van der Waals surface area contributed by atoms with Gasteiger partial charge in [-0.15, -0.1) is 0 Å². The Kier molecular flexibility index (Phi) is 4.67. The number of aromatic nitrogens is 2. The maximum Gasteiger partial charge on any atom is 0.166 e. The molecule has 6 heteroatoms. The molecule has 1 aliphatic rings. The van der Waals surface area contributed by atoms with E-state index in [4.69, 9.17) is 12.2 Å². The van der Waals surface area contributed by atoms with Crippen LogP contribution in [0.25, 0.3) is 0 Å². The molecule has 0 aromatic carbocycles. The van der Waals surface area contributed by atoms with Gasteiger partial charge in [0, 0.05) is 29.8 Å². The summed E-state index contributed by atoms with van der Waals surface area (Å²) in [4.78, 5) is 7.35. The molecule has 0 amide bonds. The van der Waals surface area contributed by atoms with Crippen molar-refractivity contribution in [3.63, 3.8) is 0 Å². The first-order valence-corrected chi connectivity index (χ1v) is 7.43. The van der Waals surface area contributed by atoms with Gasteiger partial charge in [0.15, 0.2) is 5.11 Å². The van der Waals surface area contributed by atoms with Crippen LogP contribution in [-0.2, 0) is 5.75 Å². The van der Waals surface area contributed by atoms with Crippen LogP contribution >= 0.6 is 24.0 Å². The normalized spacial score (nSPS) is 14.6. The third kappa shape index (κ3) is 4.55. The molecule has 2 rings (SSSR count). The summed E-state index contributed by atoms with van der Waals surface area (Å²) >= 11 is 7.04. The lowest BCUT2D eigenvalue weighted by Gasteiger charge is -2.08. The highest BCUT2D eigenvalue weighted by molar-refractivity contribution is 7.98. The van der Waals surface area contributed by atoms with Gasteiger partial charge >= 0.3 is 0 Å². The fourth-order valence-corrected chi connectivity index (χ4v) is 2.55. The quantitative estimate of drug-likeness (QED) is 0.541. The van der Waals surface area contributed by atoms with Crippen molar-refractivity contribution < 1.29 is 0 Å². The summed E-state index contributed by atoms with van der Waals surface area (Å²) in [5.41, 5.74) is 2.31. The van der Waals surface area contributed by atoms with Crippen molar-refractivity contribution in [2.45, 2.75) is 31.6 Å². The van der Waals surface area contributed by atoms with Crippen LogP contribution in [0.15, 0.2) is 6.33 Å². The molecule has 1 aliphatic carbocycles. The average Bonchev–Trinajstić information content (AvgIpc) is 3.01. The number of thioether (sulfide) groups is 1. The molecule has 1 saturated carbocycles. The minimum Gasteiger partial charge on any atom is -0.362 e. The predicted octanol–water partition coefficient (Wildman–Crippen LogP) is 1.58. The van der Waals surface area contributed by atoms with E-state index in [-0.39, 0.29) is 0 Å². The smallest absolute Gasteiger partial charge is 0.166 e. The van der Waals surface area contributed by atoms with Crippen molar-refractivity contribution >= 4 is 29.1 Å². The molecular weight excluding hydrogens is 252 g/mol. The number of thiocarbonyl (C=S) groups is 1. The molecule has 4 nitrogen and oxygen atoms in total. The van der Waals surface area contributed by atoms with Gasteiger partial charge < -0.3 is 15.6 Å². The summed E-state index contributed by atoms with van der Waals surface area (Å²) in [7, 11) is 0. The van der Waals surface area contributed by atoms with Crippen LogP contribution in [0.2, 0.25) is 0 Å². The number of aromatic amines is 1. The number of H-pyrrole nitrogens is 1. The van der Waals surface area contributed by atoms with E-state index in [9.17, 15) is 0 Å². The Balaban J connectivity index is 1.51. The highest BCUT2D eigenvalue weighted by Crippen LogP contribution is 2.18. The number of hydrogen-bond donors (Lipinski definition) is 3. The molecule has 17 heavy (non-hydrogen) atoms. The summed E-state index contributed by atoms with van der Waals surface area (Å²) in [6, 6.07) is 0.634. The Morgan fingerprint density at radius 3 is 3.12 bits per heavy atom. The zero-order valence-electron chi connectivity index (χ0n) is 9.95. The van der Waals surface area contributed by atoms with Crippen molar-refractivity contribution in [3.8, 4) is 0 Å². The fraction of sp³-hybridized carbons (Fsp3) is 0.636. The molecule has 3 N–H and O–H groups in total. The Labute approximate surface area is 111 Å². The van der Waals surface area contributed by atoms with Gasteiger partial charge in [-0.25, -0.2) is 4.98 Å². The molecule has 0 unspecified atom stereocenters. The summed E-state index contributed by atoms with van der Waals surface area (Å²) in [5, 5.41) is 7.28. The number of imidazole rings is 1. The minimum atomic E-state index is 0.634. The van der Waals surface area contributed by atoms with E-state index in [2.05, 4.69) is 27.5 Å². The van der Waals surface area contributed by atoms with E-state index in [1.165, 1.54) is 12.8 Å². The van der Waals surface area contributed by atoms with E-state index in [1.807, 2.05) is 11.8 Å². The third-order valence-corrected chi connectivity index (χ3v) is 3.85. The first-order chi connectivity index (χ1) is 8.25. The van der Waals surface area contributed by atoms with Gasteiger partial charge in [0.25, 0.3) is 0 Å². The largest absolute Gasteiger partial charge is 0.362 e. The molecule has 1 fully saturated rings. The molecule has 0 radical (unpaired) electrons. The summed E-state index contributed by atoms with van der Waals surface area (Å²) in [6.07, 6.45) is 4.27. The second-order valence-electron chi connectivity index (χ2n) is 4.20. The maximum absolute atomic E-state index is 5.17. The van der Waals surface area contributed by atoms with Crippen LogP contribution in [0, 0.1) is 6.92 Å². The molecule has 94 valence electrons. The summed E-state index contributed by atoms with van der Waals surface area (Å²) < 4.78 is 0. The van der Waals surface area contributed by atoms with Crippen LogP contribution in [0.1, 0.15) is 24.2 Å².